The largest absolute Gasteiger partial charge is 0.369 e. The summed E-state index contributed by atoms with van der Waals surface area (Å²) in [6, 6.07) is 0. The van der Waals surface area contributed by atoms with Crippen molar-refractivity contribution in [3.05, 3.63) is 12.3 Å². The van der Waals surface area contributed by atoms with E-state index >= 15 is 0 Å². The van der Waals surface area contributed by atoms with Crippen molar-refractivity contribution in [3.8, 4) is 0 Å². The summed E-state index contributed by atoms with van der Waals surface area (Å²) in [5.41, 5.74) is 1.17. The molecule has 0 rings (SSSR count). The van der Waals surface area contributed by atoms with Gasteiger partial charge >= 0.3 is 0 Å². The molecule has 0 aliphatic rings. The molecule has 3 heteroatoms. The van der Waals surface area contributed by atoms with E-state index in [-0.39, 0.29) is 8.07 Å². The summed E-state index contributed by atoms with van der Waals surface area (Å²) in [5.74, 6) is 0. The summed E-state index contributed by atoms with van der Waals surface area (Å²) < 4.78 is 0. The molecule has 0 saturated carbocycles. The van der Waals surface area contributed by atoms with Crippen LogP contribution in [0.1, 0.15) is 6.92 Å². The Hall–Kier alpha value is 0.0349. The molecule has 0 aliphatic heterocycles. The Kier molecular flexibility index (Phi) is 4.89. The Balaban J connectivity index is 3.34. The Labute approximate surface area is 60.1 Å². The number of rotatable bonds is 4. The number of allylic oxidation sites excluding steroid dienone is 1. The molecule has 1 unspecified atom stereocenters. The van der Waals surface area contributed by atoms with Crippen LogP contribution in [0, 0.1) is 0 Å². The lowest BCUT2D eigenvalue weighted by atomic mass is 10.0. The first-order valence-electron chi connectivity index (χ1n) is 3.36. The molecular formula is C6H15BNP. The van der Waals surface area contributed by atoms with E-state index in [1.807, 2.05) is 0 Å². The first kappa shape index (κ1) is 9.03. The van der Waals surface area contributed by atoms with E-state index in [0.717, 1.165) is 6.32 Å². The molecule has 1 nitrogen and oxygen atoms in total. The third kappa shape index (κ3) is 4.53. The van der Waals surface area contributed by atoms with Gasteiger partial charge in [-0.1, -0.05) is 13.5 Å². The van der Waals surface area contributed by atoms with Gasteiger partial charge in [-0.15, -0.1) is 0 Å². The quantitative estimate of drug-likeness (QED) is 0.460. The summed E-state index contributed by atoms with van der Waals surface area (Å²) in [6.45, 7) is 8.29. The Morgan fingerprint density at radius 2 is 2.33 bits per heavy atom. The third-order valence-corrected chi connectivity index (χ3v) is 2.90. The molecular weight excluding hydrogens is 128 g/mol. The second-order valence-electron chi connectivity index (χ2n) is 2.08. The molecule has 0 heterocycles. The molecule has 9 heavy (non-hydrogen) atoms. The summed E-state index contributed by atoms with van der Waals surface area (Å²) >= 11 is 0. The highest BCUT2D eigenvalue weighted by Crippen LogP contribution is 2.25. The normalized spacial score (nSPS) is 12.7. The number of hydrogen-bond acceptors (Lipinski definition) is 1. The summed E-state index contributed by atoms with van der Waals surface area (Å²) in [7, 11) is 2.15. The first-order valence-corrected chi connectivity index (χ1v) is 5.33. The zero-order chi connectivity index (χ0) is 7.28. The maximum atomic E-state index is 3.87. The molecule has 0 spiro atoms. The lowest BCUT2D eigenvalue weighted by molar-refractivity contribution is 1.18. The lowest BCUT2D eigenvalue weighted by Gasteiger charge is -2.13. The van der Waals surface area contributed by atoms with Gasteiger partial charge in [-0.25, -0.2) is 0 Å². The summed E-state index contributed by atoms with van der Waals surface area (Å²) in [4.78, 5) is 0. The van der Waals surface area contributed by atoms with Crippen LogP contribution in [0.3, 0.4) is 0 Å². The van der Waals surface area contributed by atoms with Crippen molar-refractivity contribution in [2.75, 3.05) is 12.8 Å². The summed E-state index contributed by atoms with van der Waals surface area (Å²) in [6.07, 6.45) is 2.28. The van der Waals surface area contributed by atoms with Gasteiger partial charge in [0.2, 0.25) is 0 Å². The molecule has 0 aromatic heterocycles. The predicted octanol–water partition coefficient (Wildman–Crippen LogP) is 1.19. The highest BCUT2D eigenvalue weighted by molar-refractivity contribution is 7.54. The molecule has 0 aromatic carbocycles. The lowest BCUT2D eigenvalue weighted by Crippen LogP contribution is -2.05. The van der Waals surface area contributed by atoms with Gasteiger partial charge in [0, 0.05) is 0 Å². The van der Waals surface area contributed by atoms with Crippen molar-refractivity contribution in [2.45, 2.75) is 13.2 Å². The Morgan fingerprint density at radius 1 is 1.78 bits per heavy atom. The van der Waals surface area contributed by atoms with Crippen LogP contribution >= 0.6 is 8.07 Å². The van der Waals surface area contributed by atoms with Gasteiger partial charge in [-0.05, 0) is 32.9 Å². The molecule has 0 aliphatic carbocycles. The zero-order valence-corrected chi connectivity index (χ0v) is 7.46. The van der Waals surface area contributed by atoms with Crippen molar-refractivity contribution >= 4 is 15.9 Å². The fourth-order valence-electron chi connectivity index (χ4n) is 0.428. The molecule has 1 atom stereocenters. The topological polar surface area (TPSA) is 12.0 Å². The molecule has 0 saturated heterocycles. The van der Waals surface area contributed by atoms with Crippen LogP contribution in [0.5, 0.6) is 0 Å². The van der Waals surface area contributed by atoms with Gasteiger partial charge in [-0.3, -0.25) is 0 Å². The third-order valence-electron chi connectivity index (χ3n) is 1.25. The minimum atomic E-state index is 0.0269. The van der Waals surface area contributed by atoms with E-state index in [2.05, 4.69) is 33.1 Å². The highest BCUT2D eigenvalue weighted by atomic mass is 31.1. The van der Waals surface area contributed by atoms with Crippen molar-refractivity contribution in [1.82, 2.24) is 5.09 Å². The number of nitrogens with one attached hydrogen (secondary N) is 1. The van der Waals surface area contributed by atoms with E-state index in [0.29, 0.717) is 0 Å². The van der Waals surface area contributed by atoms with E-state index in [4.69, 9.17) is 0 Å². The van der Waals surface area contributed by atoms with Crippen LogP contribution in [-0.4, -0.2) is 20.7 Å². The average Bonchev–Trinajstić information content (AvgIpc) is 1.87. The standard InChI is InChI=1S/C6H15BNP/c1-4-9(3)8-6(2)5-7/h8H,2,4-5,7H2,1,3H3. The van der Waals surface area contributed by atoms with Gasteiger partial charge in [0.25, 0.3) is 0 Å². The summed E-state index contributed by atoms with van der Waals surface area (Å²) in [5, 5.41) is 3.35. The monoisotopic (exact) mass is 143 g/mol. The number of hydrogen-bond donors (Lipinski definition) is 1. The van der Waals surface area contributed by atoms with Gasteiger partial charge in [0.05, 0.1) is 0 Å². The minimum Gasteiger partial charge on any atom is -0.369 e. The molecule has 0 amide bonds. The minimum absolute atomic E-state index is 0.0269. The van der Waals surface area contributed by atoms with Crippen molar-refractivity contribution in [3.63, 3.8) is 0 Å². The predicted molar refractivity (Wildman–Crippen MR) is 49.0 cm³/mol. The van der Waals surface area contributed by atoms with Gasteiger partial charge in [0.15, 0.2) is 0 Å². The maximum absolute atomic E-state index is 3.87. The van der Waals surface area contributed by atoms with Gasteiger partial charge < -0.3 is 5.09 Å². The van der Waals surface area contributed by atoms with E-state index in [1.165, 1.54) is 11.9 Å². The van der Waals surface area contributed by atoms with Crippen molar-refractivity contribution < 1.29 is 0 Å². The molecule has 1 N–H and O–H groups in total. The van der Waals surface area contributed by atoms with Crippen LogP contribution in [0.4, 0.5) is 0 Å². The zero-order valence-electron chi connectivity index (χ0n) is 6.57. The highest BCUT2D eigenvalue weighted by Gasteiger charge is 1.95. The molecule has 0 aromatic rings. The molecule has 0 bridgehead atoms. The van der Waals surface area contributed by atoms with Crippen LogP contribution in [-0.2, 0) is 0 Å². The van der Waals surface area contributed by atoms with Crippen molar-refractivity contribution in [1.29, 1.82) is 0 Å². The SMILES string of the molecule is BCC(=C)NP(C)CC. The maximum Gasteiger partial charge on any atom is 0.108 e. The Morgan fingerprint density at radius 3 is 2.67 bits per heavy atom. The van der Waals surface area contributed by atoms with Crippen LogP contribution in [0.25, 0.3) is 0 Å². The van der Waals surface area contributed by atoms with Crippen LogP contribution in [0.15, 0.2) is 12.3 Å². The van der Waals surface area contributed by atoms with Gasteiger partial charge in [0.1, 0.15) is 7.85 Å². The first-order chi connectivity index (χ1) is 4.20. The van der Waals surface area contributed by atoms with Crippen molar-refractivity contribution in [2.24, 2.45) is 0 Å². The van der Waals surface area contributed by atoms with E-state index in [1.54, 1.807) is 0 Å². The average molecular weight is 143 g/mol. The van der Waals surface area contributed by atoms with Gasteiger partial charge in [-0.2, -0.15) is 0 Å². The molecule has 52 valence electrons. The van der Waals surface area contributed by atoms with Crippen LogP contribution < -0.4 is 5.09 Å². The smallest absolute Gasteiger partial charge is 0.108 e. The second kappa shape index (κ2) is 4.87. The van der Waals surface area contributed by atoms with E-state index < -0.39 is 0 Å². The Bertz CT molecular complexity index is 95.1. The second-order valence-corrected chi connectivity index (χ2v) is 4.34. The molecule has 0 fully saturated rings. The molecule has 0 radical (unpaired) electrons. The van der Waals surface area contributed by atoms with E-state index in [9.17, 15) is 0 Å². The fourth-order valence-corrected chi connectivity index (χ4v) is 1.28. The van der Waals surface area contributed by atoms with Crippen LogP contribution in [0.2, 0.25) is 6.32 Å². The fraction of sp³-hybridized carbons (Fsp3) is 0.667.